The molecule has 0 spiro atoms. The van der Waals surface area contributed by atoms with Gasteiger partial charge in [0.2, 0.25) is 0 Å². The van der Waals surface area contributed by atoms with Crippen molar-refractivity contribution < 1.29 is 10.2 Å². The first-order valence-electron chi connectivity index (χ1n) is 10.9. The molecule has 0 aliphatic carbocycles. The van der Waals surface area contributed by atoms with Gasteiger partial charge in [-0.25, -0.2) is 15.0 Å². The average Bonchev–Trinajstić information content (AvgIpc) is 3.36. The Morgan fingerprint density at radius 3 is 3.03 bits per heavy atom. The van der Waals surface area contributed by atoms with Crippen molar-refractivity contribution >= 4 is 44.8 Å². The molecule has 0 amide bonds. The van der Waals surface area contributed by atoms with Crippen molar-refractivity contribution in [2.75, 3.05) is 43.0 Å². The summed E-state index contributed by atoms with van der Waals surface area (Å²) >= 11 is 1.49. The van der Waals surface area contributed by atoms with Crippen LogP contribution in [0.3, 0.4) is 0 Å². The lowest BCUT2D eigenvalue weighted by Crippen LogP contribution is -2.40. The van der Waals surface area contributed by atoms with E-state index in [2.05, 4.69) is 31.5 Å². The summed E-state index contributed by atoms with van der Waals surface area (Å²) in [5.74, 6) is 0.718. The molecule has 11 heteroatoms. The molecule has 0 aromatic carbocycles. The molecule has 1 unspecified atom stereocenters. The molecule has 0 bridgehead atoms. The third-order valence-electron chi connectivity index (χ3n) is 5.75. The maximum atomic E-state index is 9.94. The van der Waals surface area contributed by atoms with E-state index in [0.29, 0.717) is 6.54 Å². The van der Waals surface area contributed by atoms with Crippen molar-refractivity contribution in [1.82, 2.24) is 25.1 Å². The number of hydrogen-bond donors (Lipinski definition) is 4. The number of aliphatic imine (C=N–C) groups is 1. The zero-order valence-electron chi connectivity index (χ0n) is 18.1. The predicted molar refractivity (Wildman–Crippen MR) is 130 cm³/mol. The van der Waals surface area contributed by atoms with Gasteiger partial charge in [-0.15, -0.1) is 0 Å². The number of nitrogens with zero attached hydrogens (tertiary/aromatic N) is 6. The molecule has 2 aliphatic heterocycles. The fourth-order valence-corrected chi connectivity index (χ4v) is 4.87. The number of pyridine rings is 1. The van der Waals surface area contributed by atoms with Crippen LogP contribution in [-0.4, -0.2) is 80.0 Å². The van der Waals surface area contributed by atoms with Gasteiger partial charge in [-0.3, -0.25) is 10.00 Å². The molecule has 5 rings (SSSR count). The van der Waals surface area contributed by atoms with Crippen molar-refractivity contribution in [3.63, 3.8) is 0 Å². The van der Waals surface area contributed by atoms with Crippen LogP contribution in [0.2, 0.25) is 0 Å². The number of thiazole rings is 1. The van der Waals surface area contributed by atoms with Gasteiger partial charge in [-0.05, 0) is 18.6 Å². The molecular formula is C22H26N8O2S. The van der Waals surface area contributed by atoms with Crippen molar-refractivity contribution in [2.24, 2.45) is 4.99 Å². The van der Waals surface area contributed by atoms with Gasteiger partial charge in [-0.2, -0.15) is 5.10 Å². The third-order valence-corrected chi connectivity index (χ3v) is 6.63. The lowest BCUT2D eigenvalue weighted by molar-refractivity contribution is -0.0310. The lowest BCUT2D eigenvalue weighted by Gasteiger charge is -2.26. The molecule has 3 aromatic rings. The summed E-state index contributed by atoms with van der Waals surface area (Å²) in [6.07, 6.45) is 10.3. The fourth-order valence-electron chi connectivity index (χ4n) is 4.01. The SMILES string of the molecule is OCC(O)N1CCCN(c2ccnc(Nc3nc4c(s3)N=C(c3cn[nH]c3)CC=C4)c2)CC1. The predicted octanol–water partition coefficient (Wildman–Crippen LogP) is 2.37. The maximum Gasteiger partial charge on any atom is 0.190 e. The number of aliphatic hydroxyl groups is 2. The largest absolute Gasteiger partial charge is 0.392 e. The number of hydrogen-bond acceptors (Lipinski definition) is 10. The number of rotatable bonds is 6. The molecular weight excluding hydrogens is 440 g/mol. The van der Waals surface area contributed by atoms with Gasteiger partial charge in [0.1, 0.15) is 22.7 Å². The Morgan fingerprint density at radius 1 is 1.24 bits per heavy atom. The zero-order valence-corrected chi connectivity index (χ0v) is 18.9. The number of aromatic amines is 1. The third kappa shape index (κ3) is 4.96. The van der Waals surface area contributed by atoms with Crippen LogP contribution in [-0.2, 0) is 0 Å². The molecule has 1 saturated heterocycles. The topological polar surface area (TPSA) is 126 Å². The standard InChI is InChI=1S/C22H26N8O2S/c31-14-20(32)30-8-2-7-29(9-10-30)16-5-6-23-19(11-16)28-22-27-18-4-1-3-17(26-21(18)33-22)15-12-24-25-13-15/h1,4-6,11-13,20,31-32H,2-3,7-10,14H2,(H,24,25)(H,23,27,28). The van der Waals surface area contributed by atoms with E-state index in [1.54, 1.807) is 12.4 Å². The van der Waals surface area contributed by atoms with E-state index in [-0.39, 0.29) is 6.61 Å². The quantitative estimate of drug-likeness (QED) is 0.436. The van der Waals surface area contributed by atoms with Gasteiger partial charge in [0.15, 0.2) is 5.13 Å². The monoisotopic (exact) mass is 466 g/mol. The highest BCUT2D eigenvalue weighted by molar-refractivity contribution is 7.19. The number of aromatic nitrogens is 4. The highest BCUT2D eigenvalue weighted by Crippen LogP contribution is 2.36. The van der Waals surface area contributed by atoms with Crippen LogP contribution in [0.4, 0.5) is 21.6 Å². The van der Waals surface area contributed by atoms with Crippen LogP contribution in [0.15, 0.2) is 41.8 Å². The molecule has 0 radical (unpaired) electrons. The summed E-state index contributed by atoms with van der Waals surface area (Å²) in [6.45, 7) is 2.84. The van der Waals surface area contributed by atoms with Crippen LogP contribution >= 0.6 is 11.3 Å². The van der Waals surface area contributed by atoms with Crippen LogP contribution in [0.1, 0.15) is 24.1 Å². The summed E-state index contributed by atoms with van der Waals surface area (Å²) in [7, 11) is 0. The molecule has 1 atom stereocenters. The van der Waals surface area contributed by atoms with Gasteiger partial charge in [0.05, 0.1) is 18.5 Å². The summed E-state index contributed by atoms with van der Waals surface area (Å²) < 4.78 is 0. The Labute approximate surface area is 195 Å². The van der Waals surface area contributed by atoms with E-state index < -0.39 is 6.23 Å². The Bertz CT molecular complexity index is 1140. The van der Waals surface area contributed by atoms with Gasteiger partial charge in [-0.1, -0.05) is 17.4 Å². The van der Waals surface area contributed by atoms with Gasteiger partial charge >= 0.3 is 0 Å². The Balaban J connectivity index is 1.31. The second kappa shape index (κ2) is 9.79. The van der Waals surface area contributed by atoms with Crippen LogP contribution < -0.4 is 10.2 Å². The first kappa shape index (κ1) is 21.7. The normalized spacial score (nSPS) is 17.8. The van der Waals surface area contributed by atoms with Crippen LogP contribution in [0.25, 0.3) is 6.08 Å². The molecule has 0 saturated carbocycles. The summed E-state index contributed by atoms with van der Waals surface area (Å²) in [4.78, 5) is 18.2. The van der Waals surface area contributed by atoms with Gasteiger partial charge in [0.25, 0.3) is 0 Å². The molecule has 5 heterocycles. The fraction of sp³-hybridized carbons (Fsp3) is 0.364. The Morgan fingerprint density at radius 2 is 2.18 bits per heavy atom. The molecule has 10 nitrogen and oxygen atoms in total. The summed E-state index contributed by atoms with van der Waals surface area (Å²) in [6, 6.07) is 4.01. The molecule has 4 N–H and O–H groups in total. The summed E-state index contributed by atoms with van der Waals surface area (Å²) in [5.41, 5.74) is 3.83. The Kier molecular flexibility index (Phi) is 6.44. The minimum absolute atomic E-state index is 0.246. The molecule has 1 fully saturated rings. The highest BCUT2D eigenvalue weighted by atomic mass is 32.1. The zero-order chi connectivity index (χ0) is 22.6. The minimum Gasteiger partial charge on any atom is -0.392 e. The number of H-pyrrole nitrogens is 1. The number of fused-ring (bicyclic) bond motifs is 1. The van der Waals surface area contributed by atoms with E-state index in [9.17, 15) is 10.2 Å². The second-order valence-corrected chi connectivity index (χ2v) is 8.90. The smallest absolute Gasteiger partial charge is 0.190 e. The number of aliphatic hydroxyl groups excluding tert-OH is 2. The Hall–Kier alpha value is -3.12. The molecule has 172 valence electrons. The van der Waals surface area contributed by atoms with Gasteiger partial charge < -0.3 is 20.4 Å². The van der Waals surface area contributed by atoms with E-state index >= 15 is 0 Å². The van der Waals surface area contributed by atoms with Crippen LogP contribution in [0, 0.1) is 0 Å². The van der Waals surface area contributed by atoms with E-state index in [1.165, 1.54) is 11.3 Å². The molecule has 2 aliphatic rings. The molecule has 33 heavy (non-hydrogen) atoms. The van der Waals surface area contributed by atoms with E-state index in [0.717, 1.165) is 71.1 Å². The van der Waals surface area contributed by atoms with E-state index in [4.69, 9.17) is 9.98 Å². The first-order valence-corrected chi connectivity index (χ1v) is 11.8. The van der Waals surface area contributed by atoms with Crippen molar-refractivity contribution in [2.45, 2.75) is 19.1 Å². The molecule has 3 aromatic heterocycles. The number of anilines is 3. The average molecular weight is 467 g/mol. The first-order chi connectivity index (χ1) is 16.2. The van der Waals surface area contributed by atoms with Gasteiger partial charge in [0, 0.05) is 62.3 Å². The minimum atomic E-state index is -0.800. The highest BCUT2D eigenvalue weighted by Gasteiger charge is 2.20. The van der Waals surface area contributed by atoms with Crippen molar-refractivity contribution in [1.29, 1.82) is 0 Å². The maximum absolute atomic E-state index is 9.94. The second-order valence-electron chi connectivity index (χ2n) is 7.93. The number of allylic oxidation sites excluding steroid dienone is 1. The summed E-state index contributed by atoms with van der Waals surface area (Å²) in [5, 5.41) is 31.0. The van der Waals surface area contributed by atoms with Crippen LogP contribution in [0.5, 0.6) is 0 Å². The van der Waals surface area contributed by atoms with E-state index in [1.807, 2.05) is 29.3 Å². The van der Waals surface area contributed by atoms with Crippen molar-refractivity contribution in [3.8, 4) is 0 Å². The lowest BCUT2D eigenvalue weighted by atomic mass is 10.1. The van der Waals surface area contributed by atoms with Crippen molar-refractivity contribution in [3.05, 3.63) is 48.1 Å². The number of nitrogens with one attached hydrogen (secondary N) is 2.